The van der Waals surface area contributed by atoms with Crippen molar-refractivity contribution >= 4 is 29.2 Å². The molecule has 164 valence electrons. The molecule has 0 unspecified atom stereocenters. The van der Waals surface area contributed by atoms with E-state index in [1.165, 1.54) is 12.1 Å². The van der Waals surface area contributed by atoms with Gasteiger partial charge in [0.1, 0.15) is 17.7 Å². The Bertz CT molecular complexity index is 961. The highest BCUT2D eigenvalue weighted by Crippen LogP contribution is 2.36. The normalized spacial score (nSPS) is 18.9. The maximum Gasteiger partial charge on any atom is 0.324 e. The summed E-state index contributed by atoms with van der Waals surface area (Å²) in [6.07, 6.45) is 1.08. The Kier molecular flexibility index (Phi) is 6.32. The Morgan fingerprint density at radius 1 is 1.16 bits per heavy atom. The second-order valence-electron chi connectivity index (χ2n) is 8.04. The van der Waals surface area contributed by atoms with Gasteiger partial charge < -0.3 is 15.0 Å². The summed E-state index contributed by atoms with van der Waals surface area (Å²) in [6, 6.07) is 11.3. The third-order valence-electron chi connectivity index (χ3n) is 5.73. The molecule has 2 aromatic carbocycles. The minimum Gasteiger partial charge on any atom is -0.487 e. The summed E-state index contributed by atoms with van der Waals surface area (Å²) >= 11 is 6.13. The molecular formula is C23H25ClFN3O3. The molecule has 2 aromatic rings. The van der Waals surface area contributed by atoms with Crippen molar-refractivity contribution in [2.45, 2.75) is 32.4 Å². The van der Waals surface area contributed by atoms with E-state index < -0.39 is 0 Å². The zero-order chi connectivity index (χ0) is 22.0. The van der Waals surface area contributed by atoms with E-state index in [0.29, 0.717) is 55.5 Å². The number of nitrogens with one attached hydrogen (secondary N) is 1. The second kappa shape index (κ2) is 9.14. The average molecular weight is 446 g/mol. The molecule has 2 aliphatic heterocycles. The molecule has 2 heterocycles. The average Bonchev–Trinajstić information content (AvgIpc) is 2.78. The van der Waals surface area contributed by atoms with Crippen molar-refractivity contribution < 1.29 is 18.7 Å². The molecule has 0 bridgehead atoms. The predicted molar refractivity (Wildman–Crippen MR) is 117 cm³/mol. The van der Waals surface area contributed by atoms with E-state index in [-0.39, 0.29) is 29.8 Å². The number of urea groups is 1. The number of benzene rings is 2. The summed E-state index contributed by atoms with van der Waals surface area (Å²) in [5.41, 5.74) is 1.52. The molecule has 0 radical (unpaired) electrons. The first-order valence-corrected chi connectivity index (χ1v) is 10.8. The summed E-state index contributed by atoms with van der Waals surface area (Å²) in [5.74, 6) is 0.168. The quantitative estimate of drug-likeness (QED) is 0.769. The number of anilines is 1. The number of hydrogen-bond acceptors (Lipinski definition) is 3. The smallest absolute Gasteiger partial charge is 0.324 e. The molecule has 6 nitrogen and oxygen atoms in total. The summed E-state index contributed by atoms with van der Waals surface area (Å²) in [6.45, 7) is 3.76. The number of ether oxygens (including phenoxy) is 1. The van der Waals surface area contributed by atoms with Crippen molar-refractivity contribution in [1.29, 1.82) is 0 Å². The summed E-state index contributed by atoms with van der Waals surface area (Å²) in [4.78, 5) is 29.2. The van der Waals surface area contributed by atoms with Gasteiger partial charge in [-0.1, -0.05) is 23.7 Å². The molecule has 4 rings (SSSR count). The molecule has 1 saturated heterocycles. The Morgan fingerprint density at radius 3 is 2.58 bits per heavy atom. The fraction of sp³-hybridized carbons (Fsp3) is 0.391. The largest absolute Gasteiger partial charge is 0.487 e. The third-order valence-corrected chi connectivity index (χ3v) is 5.96. The topological polar surface area (TPSA) is 61.9 Å². The lowest BCUT2D eigenvalue weighted by Gasteiger charge is -2.39. The van der Waals surface area contributed by atoms with Crippen molar-refractivity contribution in [1.82, 2.24) is 10.2 Å². The number of hydrogen-bond donors (Lipinski definition) is 1. The number of rotatable bonds is 3. The SMILES string of the molecule is C[C@@H]1CN(C(=O)N2CCC(C(=O)NCc3ccc(F)cc3)CC2)c2cc(Cl)ccc2O1. The van der Waals surface area contributed by atoms with Crippen LogP contribution in [0.2, 0.25) is 5.02 Å². The Morgan fingerprint density at radius 2 is 1.87 bits per heavy atom. The fourth-order valence-corrected chi connectivity index (χ4v) is 4.20. The zero-order valence-electron chi connectivity index (χ0n) is 17.3. The van der Waals surface area contributed by atoms with Gasteiger partial charge in [-0.3, -0.25) is 9.69 Å². The molecule has 0 aromatic heterocycles. The highest BCUT2D eigenvalue weighted by Gasteiger charge is 2.34. The van der Waals surface area contributed by atoms with Gasteiger partial charge in [0.15, 0.2) is 0 Å². The zero-order valence-corrected chi connectivity index (χ0v) is 18.1. The molecule has 1 N–H and O–H groups in total. The second-order valence-corrected chi connectivity index (χ2v) is 8.48. The molecule has 3 amide bonds. The van der Waals surface area contributed by atoms with Gasteiger partial charge in [0.25, 0.3) is 0 Å². The summed E-state index contributed by atoms with van der Waals surface area (Å²) in [7, 11) is 0. The number of fused-ring (bicyclic) bond motifs is 1. The van der Waals surface area contributed by atoms with Crippen LogP contribution in [0.25, 0.3) is 0 Å². The number of halogens is 2. The highest BCUT2D eigenvalue weighted by atomic mass is 35.5. The Hall–Kier alpha value is -2.80. The van der Waals surface area contributed by atoms with Crippen LogP contribution in [-0.4, -0.2) is 42.6 Å². The molecular weight excluding hydrogens is 421 g/mol. The van der Waals surface area contributed by atoms with Crippen LogP contribution in [0.15, 0.2) is 42.5 Å². The Balaban J connectivity index is 1.33. The maximum atomic E-state index is 13.2. The lowest BCUT2D eigenvalue weighted by molar-refractivity contribution is -0.126. The first-order valence-electron chi connectivity index (χ1n) is 10.5. The van der Waals surface area contributed by atoms with Crippen molar-refractivity contribution in [2.24, 2.45) is 5.92 Å². The predicted octanol–water partition coefficient (Wildman–Crippen LogP) is 4.21. The molecule has 0 aliphatic carbocycles. The molecule has 31 heavy (non-hydrogen) atoms. The number of nitrogens with zero attached hydrogens (tertiary/aromatic N) is 2. The van der Waals surface area contributed by atoms with Gasteiger partial charge in [0, 0.05) is 30.6 Å². The van der Waals surface area contributed by atoms with Gasteiger partial charge in [-0.05, 0) is 55.7 Å². The molecule has 2 aliphatic rings. The van der Waals surface area contributed by atoms with Gasteiger partial charge in [-0.15, -0.1) is 0 Å². The fourth-order valence-electron chi connectivity index (χ4n) is 4.03. The highest BCUT2D eigenvalue weighted by molar-refractivity contribution is 6.31. The van der Waals surface area contributed by atoms with Crippen LogP contribution in [0.4, 0.5) is 14.9 Å². The number of piperidine rings is 1. The number of likely N-dealkylation sites (tertiary alicyclic amines) is 1. The van der Waals surface area contributed by atoms with Gasteiger partial charge in [-0.25, -0.2) is 9.18 Å². The monoisotopic (exact) mass is 445 g/mol. The first-order chi connectivity index (χ1) is 14.9. The van der Waals surface area contributed by atoms with E-state index in [1.54, 1.807) is 40.1 Å². The van der Waals surface area contributed by atoms with Crippen LogP contribution in [0.1, 0.15) is 25.3 Å². The van der Waals surface area contributed by atoms with Crippen LogP contribution >= 0.6 is 11.6 Å². The van der Waals surface area contributed by atoms with Crippen LogP contribution in [0.5, 0.6) is 5.75 Å². The Labute approximate surface area is 185 Å². The van der Waals surface area contributed by atoms with Crippen LogP contribution in [0.3, 0.4) is 0 Å². The van der Waals surface area contributed by atoms with Crippen LogP contribution < -0.4 is 15.0 Å². The van der Waals surface area contributed by atoms with Gasteiger partial charge in [-0.2, -0.15) is 0 Å². The van der Waals surface area contributed by atoms with Gasteiger partial charge >= 0.3 is 6.03 Å². The molecule has 0 spiro atoms. The van der Waals surface area contributed by atoms with Crippen molar-refractivity contribution in [3.8, 4) is 5.75 Å². The van der Waals surface area contributed by atoms with E-state index >= 15 is 0 Å². The van der Waals surface area contributed by atoms with Crippen LogP contribution in [0, 0.1) is 11.7 Å². The van der Waals surface area contributed by atoms with Crippen molar-refractivity contribution in [3.05, 3.63) is 58.9 Å². The van der Waals surface area contributed by atoms with E-state index in [0.717, 1.165) is 5.56 Å². The van der Waals surface area contributed by atoms with Crippen LogP contribution in [-0.2, 0) is 11.3 Å². The number of amides is 3. The van der Waals surface area contributed by atoms with E-state index in [9.17, 15) is 14.0 Å². The first kappa shape index (κ1) is 21.4. The van der Waals surface area contributed by atoms with Gasteiger partial charge in [0.2, 0.25) is 5.91 Å². The summed E-state index contributed by atoms with van der Waals surface area (Å²) in [5, 5.41) is 3.46. The lowest BCUT2D eigenvalue weighted by atomic mass is 9.96. The number of carbonyl (C=O) groups excluding carboxylic acids is 2. The lowest BCUT2D eigenvalue weighted by Crippen LogP contribution is -2.52. The molecule has 0 saturated carbocycles. The van der Waals surface area contributed by atoms with Crippen molar-refractivity contribution in [2.75, 3.05) is 24.5 Å². The number of carbonyl (C=O) groups is 2. The summed E-state index contributed by atoms with van der Waals surface area (Å²) < 4.78 is 18.8. The molecule has 1 atom stereocenters. The van der Waals surface area contributed by atoms with E-state index in [4.69, 9.17) is 16.3 Å². The van der Waals surface area contributed by atoms with E-state index in [1.807, 2.05) is 6.92 Å². The molecule has 8 heteroatoms. The third kappa shape index (κ3) is 4.93. The molecule has 1 fully saturated rings. The van der Waals surface area contributed by atoms with E-state index in [2.05, 4.69) is 5.32 Å². The maximum absolute atomic E-state index is 13.2. The van der Waals surface area contributed by atoms with Crippen molar-refractivity contribution in [3.63, 3.8) is 0 Å². The van der Waals surface area contributed by atoms with Gasteiger partial charge in [0.05, 0.1) is 12.2 Å². The minimum atomic E-state index is -0.299. The standard InChI is InChI=1S/C23H25ClFN3O3/c1-15-14-28(20-12-18(24)4-7-21(20)31-15)23(30)27-10-8-17(9-11-27)22(29)26-13-16-2-5-19(25)6-3-16/h2-7,12,15,17H,8-11,13-14H2,1H3,(H,26,29)/t15-/m1/s1. The minimum absolute atomic E-state index is 0.0338.